The van der Waals surface area contributed by atoms with Crippen LogP contribution in [0.5, 0.6) is 0 Å². The molecule has 1 aromatic carbocycles. The fraction of sp³-hybridized carbons (Fsp3) is 0.562. The van der Waals surface area contributed by atoms with Gasteiger partial charge in [0.05, 0.1) is 0 Å². The molecule has 0 atom stereocenters. The van der Waals surface area contributed by atoms with Crippen molar-refractivity contribution < 1.29 is 4.79 Å². The number of hydrogen-bond donors (Lipinski definition) is 1. The lowest BCUT2D eigenvalue weighted by Crippen LogP contribution is -2.55. The molecule has 1 heterocycles. The largest absolute Gasteiger partial charge is 0.322 e. The summed E-state index contributed by atoms with van der Waals surface area (Å²) >= 11 is 6.08. The average molecular weight is 310 g/mol. The predicted octanol–water partition coefficient (Wildman–Crippen LogP) is 3.60. The van der Waals surface area contributed by atoms with Crippen LogP contribution in [0, 0.1) is 6.92 Å². The average Bonchev–Trinajstić information content (AvgIpc) is 2.42. The smallest absolute Gasteiger partial charge is 0.321 e. The number of hydrogen-bond acceptors (Lipinski definition) is 2. The number of rotatable bonds is 1. The van der Waals surface area contributed by atoms with E-state index in [-0.39, 0.29) is 11.6 Å². The van der Waals surface area contributed by atoms with E-state index in [2.05, 4.69) is 31.0 Å². The zero-order chi connectivity index (χ0) is 15.6. The third kappa shape index (κ3) is 4.11. The van der Waals surface area contributed by atoms with Gasteiger partial charge >= 0.3 is 6.03 Å². The van der Waals surface area contributed by atoms with Crippen LogP contribution >= 0.6 is 11.6 Å². The van der Waals surface area contributed by atoms with E-state index < -0.39 is 0 Å². The van der Waals surface area contributed by atoms with Gasteiger partial charge in [0, 0.05) is 42.4 Å². The summed E-state index contributed by atoms with van der Waals surface area (Å²) in [6, 6.07) is 5.53. The number of carbonyl (C=O) groups is 1. The topological polar surface area (TPSA) is 35.6 Å². The van der Waals surface area contributed by atoms with Gasteiger partial charge in [-0.2, -0.15) is 0 Å². The molecule has 2 amide bonds. The number of nitrogens with one attached hydrogen (secondary N) is 1. The summed E-state index contributed by atoms with van der Waals surface area (Å²) in [6.45, 7) is 11.9. The van der Waals surface area contributed by atoms with E-state index in [9.17, 15) is 4.79 Å². The second-order valence-electron chi connectivity index (χ2n) is 6.54. The zero-order valence-corrected chi connectivity index (χ0v) is 14.0. The molecule has 0 aliphatic carbocycles. The number of aryl methyl sites for hydroxylation is 1. The van der Waals surface area contributed by atoms with Crippen molar-refractivity contribution >= 4 is 23.3 Å². The fourth-order valence-corrected chi connectivity index (χ4v) is 2.63. The molecular formula is C16H24ClN3O. The second kappa shape index (κ2) is 6.24. The summed E-state index contributed by atoms with van der Waals surface area (Å²) in [5.41, 5.74) is 1.91. The highest BCUT2D eigenvalue weighted by Gasteiger charge is 2.27. The Morgan fingerprint density at radius 3 is 2.33 bits per heavy atom. The molecule has 1 N–H and O–H groups in total. The molecule has 0 bridgehead atoms. The van der Waals surface area contributed by atoms with Crippen LogP contribution in [0.25, 0.3) is 0 Å². The molecule has 1 aliphatic rings. The quantitative estimate of drug-likeness (QED) is 0.860. The van der Waals surface area contributed by atoms with Crippen molar-refractivity contribution in [3.8, 4) is 0 Å². The SMILES string of the molecule is Cc1ccc(NC(=O)N2CCN(C(C)(C)C)CC2)cc1Cl. The Morgan fingerprint density at radius 2 is 1.81 bits per heavy atom. The Morgan fingerprint density at radius 1 is 1.19 bits per heavy atom. The number of carbonyl (C=O) groups excluding carboxylic acids is 1. The van der Waals surface area contributed by atoms with Crippen LogP contribution in [0.3, 0.4) is 0 Å². The number of benzene rings is 1. The molecule has 5 heteroatoms. The molecule has 4 nitrogen and oxygen atoms in total. The molecule has 0 spiro atoms. The molecule has 21 heavy (non-hydrogen) atoms. The lowest BCUT2D eigenvalue weighted by atomic mass is 10.1. The monoisotopic (exact) mass is 309 g/mol. The first-order valence-corrected chi connectivity index (χ1v) is 7.72. The van der Waals surface area contributed by atoms with Gasteiger partial charge in [0.25, 0.3) is 0 Å². The summed E-state index contributed by atoms with van der Waals surface area (Å²) in [5, 5.41) is 3.59. The van der Waals surface area contributed by atoms with E-state index in [1.165, 1.54) is 0 Å². The van der Waals surface area contributed by atoms with E-state index in [4.69, 9.17) is 11.6 Å². The maximum atomic E-state index is 12.3. The molecule has 1 saturated heterocycles. The summed E-state index contributed by atoms with van der Waals surface area (Å²) in [6.07, 6.45) is 0. The highest BCUT2D eigenvalue weighted by molar-refractivity contribution is 6.31. The number of amides is 2. The summed E-state index contributed by atoms with van der Waals surface area (Å²) < 4.78 is 0. The van der Waals surface area contributed by atoms with Crippen LogP contribution in [-0.4, -0.2) is 47.5 Å². The standard InChI is InChI=1S/C16H24ClN3O/c1-12-5-6-13(11-14(12)17)18-15(21)19-7-9-20(10-8-19)16(2,3)4/h5-6,11H,7-10H2,1-4H3,(H,18,21). The minimum absolute atomic E-state index is 0.0523. The molecule has 116 valence electrons. The third-order valence-electron chi connectivity index (χ3n) is 3.94. The van der Waals surface area contributed by atoms with Gasteiger partial charge in [-0.05, 0) is 45.4 Å². The molecule has 1 aliphatic heterocycles. The second-order valence-corrected chi connectivity index (χ2v) is 6.95. The minimum atomic E-state index is -0.0523. The Bertz CT molecular complexity index is 517. The number of piperazine rings is 1. The van der Waals surface area contributed by atoms with Crippen LogP contribution in [0.4, 0.5) is 10.5 Å². The van der Waals surface area contributed by atoms with Crippen molar-refractivity contribution in [2.24, 2.45) is 0 Å². The molecule has 2 rings (SSSR count). The molecule has 1 fully saturated rings. The van der Waals surface area contributed by atoms with Crippen LogP contribution in [0.1, 0.15) is 26.3 Å². The number of anilines is 1. The fourth-order valence-electron chi connectivity index (χ4n) is 2.45. The van der Waals surface area contributed by atoms with Gasteiger partial charge in [0.1, 0.15) is 0 Å². The van der Waals surface area contributed by atoms with Crippen molar-refractivity contribution in [3.05, 3.63) is 28.8 Å². The lowest BCUT2D eigenvalue weighted by molar-refractivity contribution is 0.0774. The van der Waals surface area contributed by atoms with E-state index >= 15 is 0 Å². The Kier molecular flexibility index (Phi) is 4.79. The Labute approximate surface area is 132 Å². The lowest BCUT2D eigenvalue weighted by Gasteiger charge is -2.42. The highest BCUT2D eigenvalue weighted by Crippen LogP contribution is 2.21. The molecule has 0 radical (unpaired) electrons. The Hall–Kier alpha value is -1.26. The molecular weight excluding hydrogens is 286 g/mol. The molecule has 0 saturated carbocycles. The third-order valence-corrected chi connectivity index (χ3v) is 4.35. The summed E-state index contributed by atoms with van der Waals surface area (Å²) in [4.78, 5) is 16.5. The number of halogens is 1. The van der Waals surface area contributed by atoms with Gasteiger partial charge in [-0.25, -0.2) is 4.79 Å². The summed E-state index contributed by atoms with van der Waals surface area (Å²) in [5.74, 6) is 0. The maximum Gasteiger partial charge on any atom is 0.321 e. The van der Waals surface area contributed by atoms with Crippen LogP contribution in [0.15, 0.2) is 18.2 Å². The molecule has 0 aromatic heterocycles. The first-order valence-electron chi connectivity index (χ1n) is 7.34. The van der Waals surface area contributed by atoms with Crippen molar-refractivity contribution in [1.82, 2.24) is 9.80 Å². The van der Waals surface area contributed by atoms with Gasteiger partial charge in [-0.3, -0.25) is 4.90 Å². The predicted molar refractivity (Wildman–Crippen MR) is 88.1 cm³/mol. The van der Waals surface area contributed by atoms with Gasteiger partial charge in [-0.15, -0.1) is 0 Å². The van der Waals surface area contributed by atoms with Crippen molar-refractivity contribution in [3.63, 3.8) is 0 Å². The normalized spacial score (nSPS) is 16.9. The molecule has 0 unspecified atom stereocenters. The van der Waals surface area contributed by atoms with Crippen molar-refractivity contribution in [2.45, 2.75) is 33.2 Å². The van der Waals surface area contributed by atoms with Gasteiger partial charge in [-0.1, -0.05) is 17.7 Å². The minimum Gasteiger partial charge on any atom is -0.322 e. The molecule has 1 aromatic rings. The first-order chi connectivity index (χ1) is 9.77. The van der Waals surface area contributed by atoms with Gasteiger partial charge < -0.3 is 10.2 Å². The number of nitrogens with zero attached hydrogens (tertiary/aromatic N) is 2. The van der Waals surface area contributed by atoms with E-state index in [0.29, 0.717) is 5.02 Å². The van der Waals surface area contributed by atoms with Crippen molar-refractivity contribution in [1.29, 1.82) is 0 Å². The van der Waals surface area contributed by atoms with E-state index in [1.807, 2.05) is 24.0 Å². The first kappa shape index (κ1) is 16.1. The highest BCUT2D eigenvalue weighted by atomic mass is 35.5. The summed E-state index contributed by atoms with van der Waals surface area (Å²) in [7, 11) is 0. The van der Waals surface area contributed by atoms with E-state index in [0.717, 1.165) is 37.4 Å². The van der Waals surface area contributed by atoms with Gasteiger partial charge in [0.15, 0.2) is 0 Å². The number of urea groups is 1. The van der Waals surface area contributed by atoms with Crippen LogP contribution < -0.4 is 5.32 Å². The van der Waals surface area contributed by atoms with Crippen LogP contribution in [-0.2, 0) is 0 Å². The van der Waals surface area contributed by atoms with E-state index in [1.54, 1.807) is 6.07 Å². The van der Waals surface area contributed by atoms with Crippen LogP contribution in [0.2, 0.25) is 5.02 Å². The Balaban J connectivity index is 1.92. The van der Waals surface area contributed by atoms with Crippen molar-refractivity contribution in [2.75, 3.05) is 31.5 Å². The zero-order valence-electron chi connectivity index (χ0n) is 13.2. The van der Waals surface area contributed by atoms with Gasteiger partial charge in [0.2, 0.25) is 0 Å². The maximum absolute atomic E-state index is 12.3.